The Balaban J connectivity index is 2.89. The Hall–Kier alpha value is 0.01000. The van der Waals surface area contributed by atoms with Crippen LogP contribution in [-0.2, 0) is 6.42 Å². The van der Waals surface area contributed by atoms with Gasteiger partial charge in [-0.3, -0.25) is 0 Å². The first-order valence-electron chi connectivity index (χ1n) is 6.64. The lowest BCUT2D eigenvalue weighted by atomic mass is 10.1. The Kier molecular flexibility index (Phi) is 6.75. The van der Waals surface area contributed by atoms with Crippen LogP contribution in [0.4, 0.5) is 0 Å². The third-order valence-electron chi connectivity index (χ3n) is 3.29. The number of benzene rings is 1. The fraction of sp³-hybridized carbons (Fsp3) is 0.600. The van der Waals surface area contributed by atoms with Gasteiger partial charge in [-0.1, -0.05) is 49.7 Å². The SMILES string of the molecule is CCC(N)Cc1ccc(Br)cc1SC(C)C(C)C. The summed E-state index contributed by atoms with van der Waals surface area (Å²) < 4.78 is 1.15. The first-order chi connectivity index (χ1) is 8.43. The van der Waals surface area contributed by atoms with Crippen molar-refractivity contribution in [1.29, 1.82) is 0 Å². The standard InChI is InChI=1S/C15H24BrNS/c1-5-14(17)8-12-6-7-13(16)9-15(12)18-11(4)10(2)3/h6-7,9-11,14H,5,8,17H2,1-4H3. The molecule has 1 rings (SSSR count). The smallest absolute Gasteiger partial charge is 0.0186 e. The Morgan fingerprint density at radius 1 is 1.28 bits per heavy atom. The van der Waals surface area contributed by atoms with Gasteiger partial charge >= 0.3 is 0 Å². The summed E-state index contributed by atoms with van der Waals surface area (Å²) in [6.45, 7) is 8.98. The largest absolute Gasteiger partial charge is 0.327 e. The molecule has 0 aliphatic heterocycles. The number of hydrogen-bond donors (Lipinski definition) is 1. The van der Waals surface area contributed by atoms with E-state index in [2.05, 4.69) is 61.8 Å². The molecule has 0 aliphatic rings. The molecule has 0 aromatic heterocycles. The van der Waals surface area contributed by atoms with E-state index in [1.165, 1.54) is 10.5 Å². The molecule has 1 aromatic carbocycles. The molecule has 2 atom stereocenters. The molecule has 3 heteroatoms. The second-order valence-electron chi connectivity index (χ2n) is 5.19. The van der Waals surface area contributed by atoms with E-state index in [1.54, 1.807) is 0 Å². The quantitative estimate of drug-likeness (QED) is 0.754. The number of halogens is 1. The first kappa shape index (κ1) is 16.1. The van der Waals surface area contributed by atoms with Gasteiger partial charge in [-0.15, -0.1) is 11.8 Å². The zero-order chi connectivity index (χ0) is 13.7. The molecule has 0 bridgehead atoms. The van der Waals surface area contributed by atoms with Gasteiger partial charge in [0.15, 0.2) is 0 Å². The maximum absolute atomic E-state index is 6.08. The van der Waals surface area contributed by atoms with E-state index in [0.29, 0.717) is 11.2 Å². The van der Waals surface area contributed by atoms with Gasteiger partial charge in [-0.25, -0.2) is 0 Å². The molecule has 0 spiro atoms. The summed E-state index contributed by atoms with van der Waals surface area (Å²) >= 11 is 5.52. The highest BCUT2D eigenvalue weighted by atomic mass is 79.9. The second-order valence-corrected chi connectivity index (χ2v) is 7.53. The molecular weight excluding hydrogens is 306 g/mol. The highest BCUT2D eigenvalue weighted by molar-refractivity contribution is 9.10. The average molecular weight is 330 g/mol. The lowest BCUT2D eigenvalue weighted by Crippen LogP contribution is -2.21. The number of thioether (sulfide) groups is 1. The Morgan fingerprint density at radius 2 is 1.94 bits per heavy atom. The molecule has 102 valence electrons. The van der Waals surface area contributed by atoms with Crippen molar-refractivity contribution in [3.05, 3.63) is 28.2 Å². The zero-order valence-corrected chi connectivity index (χ0v) is 14.1. The predicted molar refractivity (Wildman–Crippen MR) is 86.3 cm³/mol. The van der Waals surface area contributed by atoms with Crippen molar-refractivity contribution in [1.82, 2.24) is 0 Å². The number of hydrogen-bond acceptors (Lipinski definition) is 2. The highest BCUT2D eigenvalue weighted by Gasteiger charge is 2.13. The van der Waals surface area contributed by atoms with Crippen LogP contribution in [0.3, 0.4) is 0 Å². The zero-order valence-electron chi connectivity index (χ0n) is 11.7. The molecule has 0 saturated heterocycles. The summed E-state index contributed by atoms with van der Waals surface area (Å²) in [5.41, 5.74) is 7.46. The summed E-state index contributed by atoms with van der Waals surface area (Å²) in [7, 11) is 0. The maximum atomic E-state index is 6.08. The van der Waals surface area contributed by atoms with Crippen LogP contribution >= 0.6 is 27.7 Å². The van der Waals surface area contributed by atoms with E-state index in [9.17, 15) is 0 Å². The van der Waals surface area contributed by atoms with E-state index in [1.807, 2.05) is 11.8 Å². The molecule has 2 N–H and O–H groups in total. The highest BCUT2D eigenvalue weighted by Crippen LogP contribution is 2.33. The van der Waals surface area contributed by atoms with Crippen LogP contribution in [0.5, 0.6) is 0 Å². The first-order valence-corrected chi connectivity index (χ1v) is 8.32. The van der Waals surface area contributed by atoms with E-state index in [-0.39, 0.29) is 6.04 Å². The fourth-order valence-electron chi connectivity index (χ4n) is 1.57. The molecule has 0 aliphatic carbocycles. The topological polar surface area (TPSA) is 26.0 Å². The van der Waals surface area contributed by atoms with E-state index < -0.39 is 0 Å². The Labute approximate surface area is 124 Å². The lowest BCUT2D eigenvalue weighted by molar-refractivity contribution is 0.635. The second kappa shape index (κ2) is 7.56. The van der Waals surface area contributed by atoms with Gasteiger partial charge in [0.2, 0.25) is 0 Å². The van der Waals surface area contributed by atoms with Gasteiger partial charge < -0.3 is 5.73 Å². The van der Waals surface area contributed by atoms with Crippen LogP contribution in [-0.4, -0.2) is 11.3 Å². The van der Waals surface area contributed by atoms with Crippen LogP contribution < -0.4 is 5.73 Å². The summed E-state index contributed by atoms with van der Waals surface area (Å²) in [6.07, 6.45) is 2.00. The minimum Gasteiger partial charge on any atom is -0.327 e. The number of nitrogens with two attached hydrogens (primary N) is 1. The molecule has 18 heavy (non-hydrogen) atoms. The molecule has 0 amide bonds. The van der Waals surface area contributed by atoms with E-state index in [0.717, 1.165) is 17.3 Å². The van der Waals surface area contributed by atoms with Crippen LogP contribution in [0.1, 0.15) is 39.7 Å². The Bertz CT molecular complexity index is 379. The average Bonchev–Trinajstić information content (AvgIpc) is 2.32. The normalized spacial score (nSPS) is 14.8. The van der Waals surface area contributed by atoms with Gasteiger partial charge in [0.05, 0.1) is 0 Å². The molecule has 2 unspecified atom stereocenters. The van der Waals surface area contributed by atoms with Crippen LogP contribution in [0.15, 0.2) is 27.6 Å². The molecule has 0 saturated carbocycles. The van der Waals surface area contributed by atoms with Crippen molar-refractivity contribution >= 4 is 27.7 Å². The molecule has 0 heterocycles. The van der Waals surface area contributed by atoms with Crippen LogP contribution in [0, 0.1) is 5.92 Å². The van der Waals surface area contributed by atoms with Gasteiger partial charge in [-0.05, 0) is 36.5 Å². The fourth-order valence-corrected chi connectivity index (χ4v) is 3.25. The minimum atomic E-state index is 0.264. The van der Waals surface area contributed by atoms with Crippen molar-refractivity contribution < 1.29 is 0 Å². The van der Waals surface area contributed by atoms with Crippen LogP contribution in [0.2, 0.25) is 0 Å². The summed E-state index contributed by atoms with van der Waals surface area (Å²) in [5, 5.41) is 0.621. The molecule has 1 nitrogen and oxygen atoms in total. The minimum absolute atomic E-state index is 0.264. The summed E-state index contributed by atoms with van der Waals surface area (Å²) in [4.78, 5) is 1.37. The van der Waals surface area contributed by atoms with Gasteiger partial charge in [0.25, 0.3) is 0 Å². The van der Waals surface area contributed by atoms with E-state index in [4.69, 9.17) is 5.73 Å². The van der Waals surface area contributed by atoms with Gasteiger partial charge in [-0.2, -0.15) is 0 Å². The lowest BCUT2D eigenvalue weighted by Gasteiger charge is -2.19. The molecule has 0 fully saturated rings. The summed E-state index contributed by atoms with van der Waals surface area (Å²) in [5.74, 6) is 0.682. The molecule has 1 aromatic rings. The van der Waals surface area contributed by atoms with Crippen LogP contribution in [0.25, 0.3) is 0 Å². The van der Waals surface area contributed by atoms with Crippen molar-refractivity contribution in [3.8, 4) is 0 Å². The predicted octanol–water partition coefficient (Wildman–Crippen LogP) is 4.87. The maximum Gasteiger partial charge on any atom is 0.0186 e. The number of rotatable bonds is 6. The van der Waals surface area contributed by atoms with Crippen molar-refractivity contribution in [2.24, 2.45) is 11.7 Å². The third kappa shape index (κ3) is 4.94. The monoisotopic (exact) mass is 329 g/mol. The Morgan fingerprint density at radius 3 is 2.50 bits per heavy atom. The van der Waals surface area contributed by atoms with Crippen molar-refractivity contribution in [2.75, 3.05) is 0 Å². The third-order valence-corrected chi connectivity index (χ3v) is 5.33. The van der Waals surface area contributed by atoms with Crippen molar-refractivity contribution in [2.45, 2.75) is 56.7 Å². The molecule has 0 radical (unpaired) electrons. The van der Waals surface area contributed by atoms with Crippen molar-refractivity contribution in [3.63, 3.8) is 0 Å². The van der Waals surface area contributed by atoms with E-state index >= 15 is 0 Å². The summed E-state index contributed by atoms with van der Waals surface area (Å²) in [6, 6.07) is 6.80. The van der Waals surface area contributed by atoms with Gasteiger partial charge in [0, 0.05) is 20.7 Å². The van der Waals surface area contributed by atoms with Gasteiger partial charge in [0.1, 0.15) is 0 Å². The molecular formula is C15H24BrNS.